The van der Waals surface area contributed by atoms with Gasteiger partial charge in [0.05, 0.1) is 7.11 Å². The van der Waals surface area contributed by atoms with E-state index in [1.165, 1.54) is 11.3 Å². The van der Waals surface area contributed by atoms with Crippen molar-refractivity contribution in [3.05, 3.63) is 51.7 Å². The molecule has 4 heteroatoms. The van der Waals surface area contributed by atoms with Gasteiger partial charge >= 0.3 is 0 Å². The molecule has 0 radical (unpaired) electrons. The SMILES string of the molecule is COc1cc(C(=O)c2ccsc2)ccc1CN(C)C. The zero-order chi connectivity index (χ0) is 13.8. The highest BCUT2D eigenvalue weighted by molar-refractivity contribution is 7.08. The molecular weight excluding hydrogens is 258 g/mol. The molecule has 19 heavy (non-hydrogen) atoms. The number of hydrogen-bond acceptors (Lipinski definition) is 4. The highest BCUT2D eigenvalue weighted by Gasteiger charge is 2.12. The van der Waals surface area contributed by atoms with Crippen LogP contribution in [0.2, 0.25) is 0 Å². The minimum Gasteiger partial charge on any atom is -0.496 e. The summed E-state index contributed by atoms with van der Waals surface area (Å²) in [5, 5.41) is 3.77. The summed E-state index contributed by atoms with van der Waals surface area (Å²) in [4.78, 5) is 14.3. The lowest BCUT2D eigenvalue weighted by Gasteiger charge is -2.14. The largest absolute Gasteiger partial charge is 0.496 e. The Morgan fingerprint density at radius 2 is 2.05 bits per heavy atom. The molecule has 0 aliphatic rings. The van der Waals surface area contributed by atoms with E-state index in [-0.39, 0.29) is 5.78 Å². The van der Waals surface area contributed by atoms with Gasteiger partial charge in [-0.05, 0) is 31.6 Å². The lowest BCUT2D eigenvalue weighted by molar-refractivity contribution is 0.103. The van der Waals surface area contributed by atoms with E-state index in [0.29, 0.717) is 5.56 Å². The second-order valence-corrected chi connectivity index (χ2v) is 5.39. The monoisotopic (exact) mass is 275 g/mol. The summed E-state index contributed by atoms with van der Waals surface area (Å²) in [5.41, 5.74) is 2.47. The summed E-state index contributed by atoms with van der Waals surface area (Å²) in [7, 11) is 5.64. The van der Waals surface area contributed by atoms with Crippen molar-refractivity contribution in [1.29, 1.82) is 0 Å². The predicted octanol–water partition coefficient (Wildman–Crippen LogP) is 3.05. The first-order valence-electron chi connectivity index (χ1n) is 6.00. The fourth-order valence-corrected chi connectivity index (χ4v) is 2.55. The van der Waals surface area contributed by atoms with Crippen molar-refractivity contribution in [2.45, 2.75) is 6.54 Å². The van der Waals surface area contributed by atoms with E-state index in [4.69, 9.17) is 4.74 Å². The van der Waals surface area contributed by atoms with Crippen molar-refractivity contribution < 1.29 is 9.53 Å². The molecule has 0 saturated carbocycles. The van der Waals surface area contributed by atoms with E-state index >= 15 is 0 Å². The fourth-order valence-electron chi connectivity index (χ4n) is 1.92. The van der Waals surface area contributed by atoms with Gasteiger partial charge in [0.15, 0.2) is 5.78 Å². The highest BCUT2D eigenvalue weighted by Crippen LogP contribution is 2.23. The van der Waals surface area contributed by atoms with Gasteiger partial charge in [0.2, 0.25) is 0 Å². The van der Waals surface area contributed by atoms with Crippen LogP contribution in [0, 0.1) is 0 Å². The van der Waals surface area contributed by atoms with E-state index in [9.17, 15) is 4.79 Å². The maximum atomic E-state index is 12.2. The molecular formula is C15H17NO2S. The minimum atomic E-state index is 0.0379. The van der Waals surface area contributed by atoms with Gasteiger partial charge in [-0.2, -0.15) is 11.3 Å². The third-order valence-corrected chi connectivity index (χ3v) is 3.50. The molecule has 2 rings (SSSR count). The molecule has 0 spiro atoms. The first kappa shape index (κ1) is 13.8. The van der Waals surface area contributed by atoms with Crippen LogP contribution >= 0.6 is 11.3 Å². The Morgan fingerprint density at radius 1 is 1.26 bits per heavy atom. The van der Waals surface area contributed by atoms with Gasteiger partial charge in [-0.15, -0.1) is 0 Å². The number of thiophene rings is 1. The average molecular weight is 275 g/mol. The first-order valence-corrected chi connectivity index (χ1v) is 6.94. The zero-order valence-electron chi connectivity index (χ0n) is 11.3. The molecule has 0 unspecified atom stereocenters. The molecule has 0 bridgehead atoms. The Labute approximate surface area is 117 Å². The quantitative estimate of drug-likeness (QED) is 0.785. The number of rotatable bonds is 5. The van der Waals surface area contributed by atoms with Gasteiger partial charge in [-0.3, -0.25) is 4.79 Å². The molecule has 1 heterocycles. The Balaban J connectivity index is 2.31. The molecule has 0 amide bonds. The third kappa shape index (κ3) is 3.22. The van der Waals surface area contributed by atoms with E-state index in [2.05, 4.69) is 4.90 Å². The van der Waals surface area contributed by atoms with Crippen LogP contribution in [0.25, 0.3) is 0 Å². The number of hydrogen-bond donors (Lipinski definition) is 0. The number of benzene rings is 1. The number of carbonyl (C=O) groups excluding carboxylic acids is 1. The average Bonchev–Trinajstić information content (AvgIpc) is 2.91. The number of ether oxygens (including phenoxy) is 1. The number of carbonyl (C=O) groups is 1. The van der Waals surface area contributed by atoms with Crippen LogP contribution in [-0.2, 0) is 6.54 Å². The van der Waals surface area contributed by atoms with Crippen LogP contribution in [0.1, 0.15) is 21.5 Å². The van der Waals surface area contributed by atoms with Crippen molar-refractivity contribution in [3.8, 4) is 5.75 Å². The van der Waals surface area contributed by atoms with Crippen molar-refractivity contribution in [2.24, 2.45) is 0 Å². The Hall–Kier alpha value is -1.65. The Bertz CT molecular complexity index is 562. The normalized spacial score (nSPS) is 10.7. The Morgan fingerprint density at radius 3 is 2.63 bits per heavy atom. The summed E-state index contributed by atoms with van der Waals surface area (Å²) in [6, 6.07) is 7.48. The van der Waals surface area contributed by atoms with Gasteiger partial charge in [-0.1, -0.05) is 12.1 Å². The molecule has 2 aromatic rings. The zero-order valence-corrected chi connectivity index (χ0v) is 12.2. The standard InChI is InChI=1S/C15H17NO2S/c1-16(2)9-12-5-4-11(8-14(12)18-3)15(17)13-6-7-19-10-13/h4-8,10H,9H2,1-3H3. The van der Waals surface area contributed by atoms with Crippen LogP contribution in [0.3, 0.4) is 0 Å². The van der Waals surface area contributed by atoms with Crippen LogP contribution in [0.15, 0.2) is 35.0 Å². The summed E-state index contributed by atoms with van der Waals surface area (Å²) in [6.07, 6.45) is 0. The molecule has 0 atom stereocenters. The summed E-state index contributed by atoms with van der Waals surface area (Å²) < 4.78 is 5.38. The second-order valence-electron chi connectivity index (χ2n) is 4.61. The van der Waals surface area contributed by atoms with Crippen LogP contribution in [0.4, 0.5) is 0 Å². The van der Waals surface area contributed by atoms with E-state index in [1.807, 2.05) is 49.1 Å². The number of ketones is 1. The van der Waals surface area contributed by atoms with E-state index < -0.39 is 0 Å². The van der Waals surface area contributed by atoms with Crippen molar-refractivity contribution >= 4 is 17.1 Å². The van der Waals surface area contributed by atoms with Crippen molar-refractivity contribution in [1.82, 2.24) is 4.90 Å². The summed E-state index contributed by atoms with van der Waals surface area (Å²) in [6.45, 7) is 0.788. The van der Waals surface area contributed by atoms with Gasteiger partial charge in [-0.25, -0.2) is 0 Å². The van der Waals surface area contributed by atoms with Gasteiger partial charge in [0.1, 0.15) is 5.75 Å². The molecule has 0 N–H and O–H groups in total. The van der Waals surface area contributed by atoms with Crippen LogP contribution in [-0.4, -0.2) is 31.9 Å². The van der Waals surface area contributed by atoms with Crippen LogP contribution in [0.5, 0.6) is 5.75 Å². The van der Waals surface area contributed by atoms with Gasteiger partial charge in [0, 0.05) is 28.6 Å². The van der Waals surface area contributed by atoms with E-state index in [1.54, 1.807) is 7.11 Å². The maximum absolute atomic E-state index is 12.2. The molecule has 0 fully saturated rings. The first-order chi connectivity index (χ1) is 9.11. The highest BCUT2D eigenvalue weighted by atomic mass is 32.1. The number of nitrogens with zero attached hydrogens (tertiary/aromatic N) is 1. The molecule has 0 saturated heterocycles. The molecule has 100 valence electrons. The fraction of sp³-hybridized carbons (Fsp3) is 0.267. The van der Waals surface area contributed by atoms with Gasteiger partial charge < -0.3 is 9.64 Å². The smallest absolute Gasteiger partial charge is 0.193 e. The second kappa shape index (κ2) is 5.99. The summed E-state index contributed by atoms with van der Waals surface area (Å²) >= 11 is 1.53. The van der Waals surface area contributed by atoms with Crippen molar-refractivity contribution in [3.63, 3.8) is 0 Å². The summed E-state index contributed by atoms with van der Waals surface area (Å²) in [5.74, 6) is 0.797. The van der Waals surface area contributed by atoms with Gasteiger partial charge in [0.25, 0.3) is 0 Å². The maximum Gasteiger partial charge on any atom is 0.193 e. The van der Waals surface area contributed by atoms with Crippen LogP contribution < -0.4 is 4.74 Å². The molecule has 0 aliphatic heterocycles. The Kier molecular flexibility index (Phi) is 4.35. The van der Waals surface area contributed by atoms with E-state index in [0.717, 1.165) is 23.4 Å². The third-order valence-electron chi connectivity index (χ3n) is 2.82. The molecule has 0 aliphatic carbocycles. The topological polar surface area (TPSA) is 29.5 Å². The molecule has 1 aromatic carbocycles. The number of methoxy groups -OCH3 is 1. The lowest BCUT2D eigenvalue weighted by Crippen LogP contribution is -2.12. The molecule has 3 nitrogen and oxygen atoms in total. The van der Waals surface area contributed by atoms with Crippen molar-refractivity contribution in [2.75, 3.05) is 21.2 Å². The molecule has 1 aromatic heterocycles. The lowest BCUT2D eigenvalue weighted by atomic mass is 10.0. The predicted molar refractivity (Wildman–Crippen MR) is 78.1 cm³/mol. The minimum absolute atomic E-state index is 0.0379.